The van der Waals surface area contributed by atoms with Crippen molar-refractivity contribution in [2.75, 3.05) is 0 Å². The van der Waals surface area contributed by atoms with Crippen LogP contribution in [0.4, 0.5) is 0 Å². The van der Waals surface area contributed by atoms with Crippen LogP contribution in [-0.4, -0.2) is 47.8 Å². The molecule has 2 atom stereocenters. The lowest BCUT2D eigenvalue weighted by Crippen LogP contribution is -2.53. The van der Waals surface area contributed by atoms with Crippen LogP contribution in [0.2, 0.25) is 0 Å². The molecule has 2 aromatic rings. The highest BCUT2D eigenvalue weighted by atomic mass is 16.6. The molecule has 0 aliphatic heterocycles. The Morgan fingerprint density at radius 3 is 1.20 bits per heavy atom. The lowest BCUT2D eigenvalue weighted by molar-refractivity contribution is -0.134. The van der Waals surface area contributed by atoms with Crippen LogP contribution in [0.1, 0.15) is 74.1 Å². The van der Waals surface area contributed by atoms with E-state index in [1.165, 1.54) is 64.1 Å². The Labute approximate surface area is 230 Å². The summed E-state index contributed by atoms with van der Waals surface area (Å²) in [7, 11) is 0. The highest BCUT2D eigenvalue weighted by Crippen LogP contribution is 2.31. The molecule has 0 spiro atoms. The molecule has 40 heavy (non-hydrogen) atoms. The van der Waals surface area contributed by atoms with Crippen LogP contribution in [0, 0.1) is 0 Å². The van der Waals surface area contributed by atoms with Gasteiger partial charge in [-0.3, -0.25) is 28.8 Å². The normalized spacial score (nSPS) is 16.2. The fourth-order valence-corrected chi connectivity index (χ4v) is 4.23. The minimum atomic E-state index is -0.654. The molecule has 0 saturated heterocycles. The maximum absolute atomic E-state index is 13.1. The number of esters is 4. The highest BCUT2D eigenvalue weighted by molar-refractivity contribution is 5.97. The van der Waals surface area contributed by atoms with E-state index in [2.05, 4.69) is 10.6 Å². The molecule has 212 valence electrons. The standard InChI is InChI=1S/C28H30N2O10/c1-15(31)37-23-11-9-19(13-25(23)39-17(3)33)27(35)29-21-7-5-6-8-22(21)30-28(36)20-10-12-24(38-16(2)32)26(14-20)40-18(4)34/h9-14,21-22H,5-8H2,1-4H3,(H,29,35)(H,30,36). The number of carbonyl (C=O) groups is 6. The van der Waals surface area contributed by atoms with E-state index in [1.54, 1.807) is 0 Å². The van der Waals surface area contributed by atoms with E-state index in [1.807, 2.05) is 0 Å². The largest absolute Gasteiger partial charge is 0.423 e. The number of ether oxygens (including phenoxy) is 4. The van der Waals surface area contributed by atoms with Gasteiger partial charge in [0, 0.05) is 50.9 Å². The Hall–Kier alpha value is -4.74. The van der Waals surface area contributed by atoms with E-state index >= 15 is 0 Å². The highest BCUT2D eigenvalue weighted by Gasteiger charge is 2.29. The number of hydrogen-bond acceptors (Lipinski definition) is 10. The molecule has 0 bridgehead atoms. The molecule has 0 heterocycles. The zero-order valence-electron chi connectivity index (χ0n) is 22.5. The van der Waals surface area contributed by atoms with Crippen LogP contribution >= 0.6 is 0 Å². The van der Waals surface area contributed by atoms with Crippen molar-refractivity contribution in [3.05, 3.63) is 47.5 Å². The third-order valence-electron chi connectivity index (χ3n) is 5.83. The second kappa shape index (κ2) is 13.4. The number of rotatable bonds is 8. The van der Waals surface area contributed by atoms with E-state index in [9.17, 15) is 28.8 Å². The van der Waals surface area contributed by atoms with Crippen molar-refractivity contribution < 1.29 is 47.7 Å². The number of nitrogens with one attached hydrogen (secondary N) is 2. The summed E-state index contributed by atoms with van der Waals surface area (Å²) in [5, 5.41) is 5.84. The number of carbonyl (C=O) groups excluding carboxylic acids is 6. The summed E-state index contributed by atoms with van der Waals surface area (Å²) in [6, 6.07) is 7.34. The zero-order valence-corrected chi connectivity index (χ0v) is 22.5. The summed E-state index contributed by atoms with van der Waals surface area (Å²) in [4.78, 5) is 71.9. The Bertz CT molecular complexity index is 1230. The first kappa shape index (κ1) is 29.8. The topological polar surface area (TPSA) is 163 Å². The minimum Gasteiger partial charge on any atom is -0.423 e. The maximum Gasteiger partial charge on any atom is 0.308 e. The van der Waals surface area contributed by atoms with E-state index in [0.29, 0.717) is 12.8 Å². The molecule has 1 aliphatic rings. The van der Waals surface area contributed by atoms with Crippen LogP contribution in [0.3, 0.4) is 0 Å². The molecule has 2 unspecified atom stereocenters. The van der Waals surface area contributed by atoms with Crippen molar-refractivity contribution in [2.45, 2.75) is 65.5 Å². The predicted octanol–water partition coefficient (Wildman–Crippen LogP) is 2.86. The SMILES string of the molecule is CC(=O)Oc1ccc(C(=O)NC2CCCCC2NC(=O)c2ccc(OC(C)=O)c(OC(C)=O)c2)cc1OC(C)=O. The van der Waals surface area contributed by atoms with Crippen molar-refractivity contribution in [3.8, 4) is 23.0 Å². The van der Waals surface area contributed by atoms with Gasteiger partial charge in [-0.15, -0.1) is 0 Å². The van der Waals surface area contributed by atoms with Crippen molar-refractivity contribution in [3.63, 3.8) is 0 Å². The molecule has 1 saturated carbocycles. The second-order valence-electron chi connectivity index (χ2n) is 9.14. The van der Waals surface area contributed by atoms with Crippen molar-refractivity contribution in [1.82, 2.24) is 10.6 Å². The van der Waals surface area contributed by atoms with Gasteiger partial charge in [0.1, 0.15) is 0 Å². The van der Waals surface area contributed by atoms with Crippen molar-refractivity contribution in [2.24, 2.45) is 0 Å². The molecule has 3 rings (SSSR count). The van der Waals surface area contributed by atoms with Crippen LogP contribution in [0.5, 0.6) is 23.0 Å². The summed E-state index contributed by atoms with van der Waals surface area (Å²) >= 11 is 0. The fraction of sp³-hybridized carbons (Fsp3) is 0.357. The summed E-state index contributed by atoms with van der Waals surface area (Å²) < 4.78 is 20.3. The third-order valence-corrected chi connectivity index (χ3v) is 5.83. The molecule has 2 aromatic carbocycles. The van der Waals surface area contributed by atoms with Gasteiger partial charge < -0.3 is 29.6 Å². The van der Waals surface area contributed by atoms with Gasteiger partial charge in [-0.05, 0) is 49.2 Å². The molecule has 2 amide bonds. The smallest absolute Gasteiger partial charge is 0.308 e. The van der Waals surface area contributed by atoms with Crippen LogP contribution in [0.25, 0.3) is 0 Å². The molecule has 12 heteroatoms. The third kappa shape index (κ3) is 8.38. The number of amides is 2. The molecular weight excluding hydrogens is 524 g/mol. The summed E-state index contributed by atoms with van der Waals surface area (Å²) in [5.74, 6) is -3.66. The minimum absolute atomic E-state index is 0.00472. The van der Waals surface area contributed by atoms with E-state index in [-0.39, 0.29) is 34.1 Å². The number of benzene rings is 2. The Kier molecular flexibility index (Phi) is 9.96. The Morgan fingerprint density at radius 1 is 0.550 bits per heavy atom. The van der Waals surface area contributed by atoms with Crippen LogP contribution < -0.4 is 29.6 Å². The Morgan fingerprint density at radius 2 is 0.875 bits per heavy atom. The van der Waals surface area contributed by atoms with Gasteiger partial charge in [0.25, 0.3) is 11.8 Å². The predicted molar refractivity (Wildman–Crippen MR) is 139 cm³/mol. The quantitative estimate of drug-likeness (QED) is 0.366. The lowest BCUT2D eigenvalue weighted by atomic mass is 9.89. The molecule has 0 radical (unpaired) electrons. The van der Waals surface area contributed by atoms with Crippen LogP contribution in [0.15, 0.2) is 36.4 Å². The van der Waals surface area contributed by atoms with E-state index in [4.69, 9.17) is 18.9 Å². The second-order valence-corrected chi connectivity index (χ2v) is 9.14. The van der Waals surface area contributed by atoms with Gasteiger partial charge in [-0.25, -0.2) is 0 Å². The monoisotopic (exact) mass is 554 g/mol. The first-order valence-corrected chi connectivity index (χ1v) is 12.6. The first-order chi connectivity index (χ1) is 18.9. The Balaban J connectivity index is 1.76. The van der Waals surface area contributed by atoms with Gasteiger partial charge in [-0.2, -0.15) is 0 Å². The van der Waals surface area contributed by atoms with Gasteiger partial charge >= 0.3 is 23.9 Å². The van der Waals surface area contributed by atoms with Crippen molar-refractivity contribution >= 4 is 35.7 Å². The van der Waals surface area contributed by atoms with E-state index < -0.39 is 47.8 Å². The first-order valence-electron chi connectivity index (χ1n) is 12.6. The summed E-state index contributed by atoms with van der Waals surface area (Å²) in [6.07, 6.45) is 2.86. The van der Waals surface area contributed by atoms with Gasteiger partial charge in [-0.1, -0.05) is 12.8 Å². The summed E-state index contributed by atoms with van der Waals surface area (Å²) in [5.41, 5.74) is 0.324. The maximum atomic E-state index is 13.1. The molecule has 2 N–H and O–H groups in total. The van der Waals surface area contributed by atoms with E-state index in [0.717, 1.165) is 12.8 Å². The molecule has 12 nitrogen and oxygen atoms in total. The van der Waals surface area contributed by atoms with Gasteiger partial charge in [0.05, 0.1) is 0 Å². The number of hydrogen-bond donors (Lipinski definition) is 2. The molecular formula is C28H30N2O10. The van der Waals surface area contributed by atoms with Crippen LogP contribution in [-0.2, 0) is 19.2 Å². The molecule has 1 aliphatic carbocycles. The van der Waals surface area contributed by atoms with Gasteiger partial charge in [0.2, 0.25) is 0 Å². The average Bonchev–Trinajstić information content (AvgIpc) is 2.86. The van der Waals surface area contributed by atoms with Crippen molar-refractivity contribution in [1.29, 1.82) is 0 Å². The fourth-order valence-electron chi connectivity index (χ4n) is 4.23. The summed E-state index contributed by atoms with van der Waals surface area (Å²) in [6.45, 7) is 4.75. The van der Waals surface area contributed by atoms with Gasteiger partial charge in [0.15, 0.2) is 23.0 Å². The molecule has 1 fully saturated rings. The average molecular weight is 555 g/mol. The lowest BCUT2D eigenvalue weighted by Gasteiger charge is -2.33. The zero-order chi connectivity index (χ0) is 29.4. The molecule has 0 aromatic heterocycles.